The zero-order valence-electron chi connectivity index (χ0n) is 11.3. The van der Waals surface area contributed by atoms with E-state index in [1.165, 1.54) is 12.4 Å². The van der Waals surface area contributed by atoms with Gasteiger partial charge in [0.2, 0.25) is 0 Å². The largest absolute Gasteiger partial charge is 0.373 e. The fourth-order valence-electron chi connectivity index (χ4n) is 1.98. The second kappa shape index (κ2) is 5.65. The molecule has 0 spiro atoms. The predicted molar refractivity (Wildman–Crippen MR) is 75.4 cm³/mol. The first-order chi connectivity index (χ1) is 9.17. The van der Waals surface area contributed by atoms with E-state index in [2.05, 4.69) is 20.6 Å². The van der Waals surface area contributed by atoms with Gasteiger partial charge in [0.15, 0.2) is 0 Å². The Morgan fingerprint density at radius 2 is 1.95 bits per heavy atom. The molecule has 0 fully saturated rings. The Balaban J connectivity index is 2.44. The van der Waals surface area contributed by atoms with Crippen molar-refractivity contribution in [2.24, 2.45) is 0 Å². The molecule has 0 amide bonds. The highest BCUT2D eigenvalue weighted by Gasteiger charge is 2.12. The summed E-state index contributed by atoms with van der Waals surface area (Å²) in [5.41, 5.74) is 2.23. The highest BCUT2D eigenvalue weighted by molar-refractivity contribution is 5.67. The number of anilines is 3. The van der Waals surface area contributed by atoms with Gasteiger partial charge >= 0.3 is 0 Å². The standard InChI is InChI=1S/C14H17FN4/c1-4-10-13(16-3)17-8-18-14(10)19-12-9(2)6-5-7-11(12)15/h5-8H,4H2,1-3H3,(H2,16,17,18,19). The van der Waals surface area contributed by atoms with Crippen LogP contribution in [0.2, 0.25) is 0 Å². The Bertz CT molecular complexity index is 563. The van der Waals surface area contributed by atoms with Crippen molar-refractivity contribution in [3.05, 3.63) is 41.5 Å². The molecule has 0 unspecified atom stereocenters. The summed E-state index contributed by atoms with van der Waals surface area (Å²) < 4.78 is 13.8. The van der Waals surface area contributed by atoms with E-state index in [0.717, 1.165) is 23.4 Å². The SMILES string of the molecule is CCc1c(NC)ncnc1Nc1c(C)cccc1F. The normalized spacial score (nSPS) is 10.3. The zero-order chi connectivity index (χ0) is 13.8. The van der Waals surface area contributed by atoms with Gasteiger partial charge in [-0.05, 0) is 25.0 Å². The molecule has 0 saturated heterocycles. The topological polar surface area (TPSA) is 49.8 Å². The summed E-state index contributed by atoms with van der Waals surface area (Å²) in [6, 6.07) is 4.98. The number of para-hydroxylation sites is 1. The van der Waals surface area contributed by atoms with E-state index in [9.17, 15) is 4.39 Å². The molecule has 0 aliphatic heterocycles. The minimum atomic E-state index is -0.285. The van der Waals surface area contributed by atoms with Crippen LogP contribution < -0.4 is 10.6 Å². The lowest BCUT2D eigenvalue weighted by atomic mass is 10.1. The van der Waals surface area contributed by atoms with Gasteiger partial charge in [0, 0.05) is 12.6 Å². The summed E-state index contributed by atoms with van der Waals surface area (Å²) in [4.78, 5) is 8.37. The zero-order valence-corrected chi connectivity index (χ0v) is 11.3. The average molecular weight is 260 g/mol. The van der Waals surface area contributed by atoms with Crippen molar-refractivity contribution in [2.75, 3.05) is 17.7 Å². The molecule has 0 aliphatic rings. The van der Waals surface area contributed by atoms with Crippen molar-refractivity contribution in [2.45, 2.75) is 20.3 Å². The number of aromatic nitrogens is 2. The molecule has 0 saturated carbocycles. The second-order valence-corrected chi connectivity index (χ2v) is 4.21. The van der Waals surface area contributed by atoms with E-state index >= 15 is 0 Å². The van der Waals surface area contributed by atoms with Gasteiger partial charge in [0.05, 0.1) is 5.69 Å². The molecule has 2 N–H and O–H groups in total. The molecule has 0 radical (unpaired) electrons. The van der Waals surface area contributed by atoms with Gasteiger partial charge in [0.25, 0.3) is 0 Å². The number of hydrogen-bond donors (Lipinski definition) is 2. The highest BCUT2D eigenvalue weighted by Crippen LogP contribution is 2.27. The molecule has 0 bridgehead atoms. The van der Waals surface area contributed by atoms with Gasteiger partial charge in [-0.15, -0.1) is 0 Å². The summed E-state index contributed by atoms with van der Waals surface area (Å²) in [6.07, 6.45) is 2.22. The number of nitrogens with zero attached hydrogens (tertiary/aromatic N) is 2. The van der Waals surface area contributed by atoms with Crippen LogP contribution in [0.5, 0.6) is 0 Å². The molecule has 1 heterocycles. The molecular formula is C14H17FN4. The Hall–Kier alpha value is -2.17. The summed E-state index contributed by atoms with van der Waals surface area (Å²) in [5.74, 6) is 1.11. The van der Waals surface area contributed by atoms with E-state index in [1.807, 2.05) is 19.9 Å². The lowest BCUT2D eigenvalue weighted by Gasteiger charge is -2.14. The Morgan fingerprint density at radius 1 is 1.21 bits per heavy atom. The molecule has 0 aliphatic carbocycles. The van der Waals surface area contributed by atoms with Gasteiger partial charge in [-0.2, -0.15) is 0 Å². The first-order valence-corrected chi connectivity index (χ1v) is 6.21. The number of halogens is 1. The molecule has 5 heteroatoms. The minimum absolute atomic E-state index is 0.285. The Morgan fingerprint density at radius 3 is 2.58 bits per heavy atom. The lowest BCUT2D eigenvalue weighted by molar-refractivity contribution is 0.630. The molecule has 100 valence electrons. The van der Waals surface area contributed by atoms with Crippen molar-refractivity contribution in [1.82, 2.24) is 9.97 Å². The number of benzene rings is 1. The maximum Gasteiger partial charge on any atom is 0.146 e. The van der Waals surface area contributed by atoms with E-state index in [0.29, 0.717) is 11.5 Å². The lowest BCUT2D eigenvalue weighted by Crippen LogP contribution is -2.06. The van der Waals surface area contributed by atoms with Crippen molar-refractivity contribution >= 4 is 17.3 Å². The Labute approximate surface area is 112 Å². The van der Waals surface area contributed by atoms with Gasteiger partial charge in [-0.1, -0.05) is 19.1 Å². The van der Waals surface area contributed by atoms with Crippen molar-refractivity contribution in [3.63, 3.8) is 0 Å². The monoisotopic (exact) mass is 260 g/mol. The van der Waals surface area contributed by atoms with Crippen molar-refractivity contribution in [1.29, 1.82) is 0 Å². The fourth-order valence-corrected chi connectivity index (χ4v) is 1.98. The first kappa shape index (κ1) is 13.3. The maximum atomic E-state index is 13.8. The van der Waals surface area contributed by atoms with E-state index in [4.69, 9.17) is 0 Å². The van der Waals surface area contributed by atoms with E-state index in [1.54, 1.807) is 13.1 Å². The quantitative estimate of drug-likeness (QED) is 0.885. The third-order valence-electron chi connectivity index (χ3n) is 3.00. The van der Waals surface area contributed by atoms with Crippen molar-refractivity contribution < 1.29 is 4.39 Å². The number of hydrogen-bond acceptors (Lipinski definition) is 4. The smallest absolute Gasteiger partial charge is 0.146 e. The molecule has 19 heavy (non-hydrogen) atoms. The maximum absolute atomic E-state index is 13.8. The van der Waals surface area contributed by atoms with Crippen LogP contribution in [-0.4, -0.2) is 17.0 Å². The van der Waals surface area contributed by atoms with Crippen LogP contribution in [0.4, 0.5) is 21.7 Å². The fraction of sp³-hybridized carbons (Fsp3) is 0.286. The Kier molecular flexibility index (Phi) is 3.94. The van der Waals surface area contributed by atoms with Crippen LogP contribution in [0, 0.1) is 12.7 Å². The van der Waals surface area contributed by atoms with Crippen molar-refractivity contribution in [3.8, 4) is 0 Å². The van der Waals surface area contributed by atoms with Crippen LogP contribution in [0.1, 0.15) is 18.1 Å². The molecule has 4 nitrogen and oxygen atoms in total. The third-order valence-corrected chi connectivity index (χ3v) is 3.00. The summed E-state index contributed by atoms with van der Waals surface area (Å²) >= 11 is 0. The van der Waals surface area contributed by atoms with Gasteiger partial charge in [0.1, 0.15) is 23.8 Å². The van der Waals surface area contributed by atoms with Gasteiger partial charge in [-0.3, -0.25) is 0 Å². The van der Waals surface area contributed by atoms with Crippen LogP contribution in [0.3, 0.4) is 0 Å². The summed E-state index contributed by atoms with van der Waals surface area (Å²) in [5, 5.41) is 6.09. The molecule has 2 aromatic rings. The minimum Gasteiger partial charge on any atom is -0.373 e. The molecule has 1 aromatic carbocycles. The van der Waals surface area contributed by atoms with Gasteiger partial charge in [-0.25, -0.2) is 14.4 Å². The molecule has 1 aromatic heterocycles. The first-order valence-electron chi connectivity index (χ1n) is 6.21. The van der Waals surface area contributed by atoms with Gasteiger partial charge < -0.3 is 10.6 Å². The third kappa shape index (κ3) is 2.65. The van der Waals surface area contributed by atoms with E-state index in [-0.39, 0.29) is 5.82 Å². The van der Waals surface area contributed by atoms with E-state index < -0.39 is 0 Å². The van der Waals surface area contributed by atoms with Crippen LogP contribution >= 0.6 is 0 Å². The molecular weight excluding hydrogens is 243 g/mol. The summed E-state index contributed by atoms with van der Waals surface area (Å²) in [7, 11) is 1.81. The summed E-state index contributed by atoms with van der Waals surface area (Å²) in [6.45, 7) is 3.87. The average Bonchev–Trinajstić information content (AvgIpc) is 2.42. The second-order valence-electron chi connectivity index (χ2n) is 4.21. The highest BCUT2D eigenvalue weighted by atomic mass is 19.1. The number of rotatable bonds is 4. The van der Waals surface area contributed by atoms with Crippen LogP contribution in [0.15, 0.2) is 24.5 Å². The molecule has 0 atom stereocenters. The van der Waals surface area contributed by atoms with Crippen LogP contribution in [0.25, 0.3) is 0 Å². The number of nitrogens with one attached hydrogen (secondary N) is 2. The molecule has 2 rings (SSSR count). The number of aryl methyl sites for hydroxylation is 1. The predicted octanol–water partition coefficient (Wildman–Crippen LogP) is 3.27. The van der Waals surface area contributed by atoms with Crippen LogP contribution in [-0.2, 0) is 6.42 Å².